The van der Waals surface area contributed by atoms with Crippen LogP contribution in [0.2, 0.25) is 0 Å². The van der Waals surface area contributed by atoms with E-state index in [1.807, 2.05) is 6.92 Å². The molecule has 0 aromatic heterocycles. The largest absolute Gasteiger partial charge is 0.399 e. The van der Waals surface area contributed by atoms with E-state index in [9.17, 15) is 9.18 Å². The summed E-state index contributed by atoms with van der Waals surface area (Å²) in [5.41, 5.74) is 5.89. The van der Waals surface area contributed by atoms with Gasteiger partial charge in [-0.1, -0.05) is 0 Å². The fourth-order valence-electron chi connectivity index (χ4n) is 1.32. The van der Waals surface area contributed by atoms with Gasteiger partial charge >= 0.3 is 0 Å². The normalized spacial score (nSPS) is 10.2. The molecule has 0 saturated carbocycles. The van der Waals surface area contributed by atoms with Crippen LogP contribution in [-0.2, 0) is 9.53 Å². The minimum atomic E-state index is -0.525. The number of rotatable bonds is 6. The van der Waals surface area contributed by atoms with Crippen molar-refractivity contribution >= 4 is 17.3 Å². The molecule has 0 bridgehead atoms. The van der Waals surface area contributed by atoms with Crippen LogP contribution >= 0.6 is 0 Å². The molecule has 94 valence electrons. The van der Waals surface area contributed by atoms with Crippen LogP contribution in [0.4, 0.5) is 15.8 Å². The van der Waals surface area contributed by atoms with Crippen molar-refractivity contribution in [3.63, 3.8) is 0 Å². The Morgan fingerprint density at radius 1 is 1.53 bits per heavy atom. The van der Waals surface area contributed by atoms with Crippen molar-refractivity contribution in [1.29, 1.82) is 0 Å². The summed E-state index contributed by atoms with van der Waals surface area (Å²) in [6, 6.07) is 4.17. The van der Waals surface area contributed by atoms with Crippen LogP contribution in [0.25, 0.3) is 0 Å². The van der Waals surface area contributed by atoms with Gasteiger partial charge in [0.1, 0.15) is 5.82 Å². The number of carbonyl (C=O) groups is 1. The van der Waals surface area contributed by atoms with E-state index in [1.54, 1.807) is 6.07 Å². The zero-order valence-corrected chi connectivity index (χ0v) is 9.83. The second-order valence-corrected chi connectivity index (χ2v) is 3.59. The number of halogens is 1. The van der Waals surface area contributed by atoms with Crippen molar-refractivity contribution in [2.24, 2.45) is 0 Å². The SMILES string of the molecule is CCOCCCC(=O)Nc1ccc(N)cc1F. The summed E-state index contributed by atoms with van der Waals surface area (Å²) in [6.07, 6.45) is 0.931. The Morgan fingerprint density at radius 2 is 2.29 bits per heavy atom. The van der Waals surface area contributed by atoms with Crippen LogP contribution in [0.5, 0.6) is 0 Å². The van der Waals surface area contributed by atoms with Crippen LogP contribution in [-0.4, -0.2) is 19.1 Å². The zero-order chi connectivity index (χ0) is 12.7. The molecule has 0 heterocycles. The average molecular weight is 240 g/mol. The number of nitrogens with one attached hydrogen (secondary N) is 1. The van der Waals surface area contributed by atoms with Crippen molar-refractivity contribution in [3.05, 3.63) is 24.0 Å². The highest BCUT2D eigenvalue weighted by molar-refractivity contribution is 5.90. The molecule has 1 rings (SSSR count). The summed E-state index contributed by atoms with van der Waals surface area (Å²) >= 11 is 0. The van der Waals surface area contributed by atoms with Gasteiger partial charge in [0.05, 0.1) is 5.69 Å². The first-order chi connectivity index (χ1) is 8.13. The number of anilines is 2. The van der Waals surface area contributed by atoms with E-state index < -0.39 is 5.82 Å². The van der Waals surface area contributed by atoms with Gasteiger partial charge in [-0.05, 0) is 31.5 Å². The van der Waals surface area contributed by atoms with Crippen molar-refractivity contribution in [2.75, 3.05) is 24.3 Å². The molecule has 1 aromatic rings. The van der Waals surface area contributed by atoms with Crippen molar-refractivity contribution < 1.29 is 13.9 Å². The number of benzene rings is 1. The second-order valence-electron chi connectivity index (χ2n) is 3.59. The maximum atomic E-state index is 13.3. The minimum Gasteiger partial charge on any atom is -0.399 e. The van der Waals surface area contributed by atoms with Gasteiger partial charge in [-0.25, -0.2) is 4.39 Å². The van der Waals surface area contributed by atoms with Gasteiger partial charge in [0, 0.05) is 25.3 Å². The zero-order valence-electron chi connectivity index (χ0n) is 9.83. The fourth-order valence-corrected chi connectivity index (χ4v) is 1.32. The van der Waals surface area contributed by atoms with Crippen LogP contribution in [0.1, 0.15) is 19.8 Å². The molecule has 0 aliphatic rings. The Kier molecular flexibility index (Phi) is 5.42. The summed E-state index contributed by atoms with van der Waals surface area (Å²) in [5.74, 6) is -0.753. The number of amides is 1. The lowest BCUT2D eigenvalue weighted by atomic mass is 10.2. The number of hydrogen-bond donors (Lipinski definition) is 2. The predicted octanol–water partition coefficient (Wildman–Crippen LogP) is 2.16. The molecule has 0 aliphatic carbocycles. The van der Waals surface area contributed by atoms with Gasteiger partial charge in [-0.3, -0.25) is 4.79 Å². The van der Waals surface area contributed by atoms with E-state index in [4.69, 9.17) is 10.5 Å². The molecule has 4 nitrogen and oxygen atoms in total. The highest BCUT2D eigenvalue weighted by Gasteiger charge is 2.06. The minimum absolute atomic E-state index is 0.153. The van der Waals surface area contributed by atoms with E-state index in [1.165, 1.54) is 12.1 Å². The highest BCUT2D eigenvalue weighted by Crippen LogP contribution is 2.17. The molecule has 1 aromatic carbocycles. The van der Waals surface area contributed by atoms with Gasteiger partial charge < -0.3 is 15.8 Å². The first kappa shape index (κ1) is 13.4. The third-order valence-corrected chi connectivity index (χ3v) is 2.16. The lowest BCUT2D eigenvalue weighted by Gasteiger charge is -2.07. The summed E-state index contributed by atoms with van der Waals surface area (Å²) in [4.78, 5) is 11.4. The molecule has 0 saturated heterocycles. The van der Waals surface area contributed by atoms with Crippen molar-refractivity contribution in [2.45, 2.75) is 19.8 Å². The smallest absolute Gasteiger partial charge is 0.224 e. The van der Waals surface area contributed by atoms with E-state index in [0.717, 1.165) is 0 Å². The molecule has 0 atom stereocenters. The fraction of sp³-hybridized carbons (Fsp3) is 0.417. The van der Waals surface area contributed by atoms with E-state index in [2.05, 4.69) is 5.32 Å². The summed E-state index contributed by atoms with van der Waals surface area (Å²) in [5, 5.41) is 2.49. The first-order valence-electron chi connectivity index (χ1n) is 5.56. The molecule has 0 aliphatic heterocycles. The highest BCUT2D eigenvalue weighted by atomic mass is 19.1. The molecular weight excluding hydrogens is 223 g/mol. The van der Waals surface area contributed by atoms with Crippen LogP contribution in [0.15, 0.2) is 18.2 Å². The van der Waals surface area contributed by atoms with E-state index in [-0.39, 0.29) is 11.6 Å². The molecule has 0 unspecified atom stereocenters. The number of carbonyl (C=O) groups excluding carboxylic acids is 1. The van der Waals surface area contributed by atoms with Gasteiger partial charge in [-0.15, -0.1) is 0 Å². The third kappa shape index (κ3) is 4.82. The van der Waals surface area contributed by atoms with E-state index >= 15 is 0 Å². The second kappa shape index (κ2) is 6.85. The lowest BCUT2D eigenvalue weighted by Crippen LogP contribution is -2.13. The van der Waals surface area contributed by atoms with Gasteiger partial charge in [0.2, 0.25) is 5.91 Å². The molecule has 0 fully saturated rings. The average Bonchev–Trinajstić information content (AvgIpc) is 2.28. The Hall–Kier alpha value is -1.62. The first-order valence-corrected chi connectivity index (χ1v) is 5.56. The number of nitrogens with two attached hydrogens (primary N) is 1. The Morgan fingerprint density at radius 3 is 2.94 bits per heavy atom. The van der Waals surface area contributed by atoms with Gasteiger partial charge in [0.15, 0.2) is 0 Å². The molecule has 3 N–H and O–H groups in total. The standard InChI is InChI=1S/C12H17FN2O2/c1-2-17-7-3-4-12(16)15-11-6-5-9(14)8-10(11)13/h5-6,8H,2-4,7,14H2,1H3,(H,15,16). The third-order valence-electron chi connectivity index (χ3n) is 2.16. The van der Waals surface area contributed by atoms with E-state index in [0.29, 0.717) is 31.7 Å². The topological polar surface area (TPSA) is 64.3 Å². The van der Waals surface area contributed by atoms with Crippen LogP contribution in [0, 0.1) is 5.82 Å². The summed E-state index contributed by atoms with van der Waals surface area (Å²) in [7, 11) is 0. The van der Waals surface area contributed by atoms with Gasteiger partial charge in [0.25, 0.3) is 0 Å². The monoisotopic (exact) mass is 240 g/mol. The Balaban J connectivity index is 2.40. The lowest BCUT2D eigenvalue weighted by molar-refractivity contribution is -0.116. The van der Waals surface area contributed by atoms with Crippen molar-refractivity contribution in [3.8, 4) is 0 Å². The number of ether oxygens (including phenoxy) is 1. The number of nitrogen functional groups attached to an aromatic ring is 1. The van der Waals surface area contributed by atoms with Crippen LogP contribution < -0.4 is 11.1 Å². The molecule has 0 radical (unpaired) electrons. The quantitative estimate of drug-likeness (QED) is 0.591. The maximum Gasteiger partial charge on any atom is 0.224 e. The molecular formula is C12H17FN2O2. The van der Waals surface area contributed by atoms with Crippen molar-refractivity contribution in [1.82, 2.24) is 0 Å². The Labute approximate surface area is 100.0 Å². The number of hydrogen-bond acceptors (Lipinski definition) is 3. The predicted molar refractivity (Wildman–Crippen MR) is 65.2 cm³/mol. The molecule has 0 spiro atoms. The molecule has 1 amide bonds. The van der Waals surface area contributed by atoms with Gasteiger partial charge in [-0.2, -0.15) is 0 Å². The molecule has 5 heteroatoms. The van der Waals surface area contributed by atoms with Crippen LogP contribution in [0.3, 0.4) is 0 Å². The Bertz CT molecular complexity index is 383. The summed E-state index contributed by atoms with van der Waals surface area (Å²) in [6.45, 7) is 3.06. The molecule has 17 heavy (non-hydrogen) atoms. The summed E-state index contributed by atoms with van der Waals surface area (Å²) < 4.78 is 18.4. The maximum absolute atomic E-state index is 13.3.